The fraction of sp³-hybridized carbons (Fsp3) is 0.235. The first-order valence-electron chi connectivity index (χ1n) is 7.31. The summed E-state index contributed by atoms with van der Waals surface area (Å²) in [6.07, 6.45) is 1.92. The second-order valence-corrected chi connectivity index (χ2v) is 5.43. The van der Waals surface area contributed by atoms with Crippen LogP contribution in [0.2, 0.25) is 0 Å². The van der Waals surface area contributed by atoms with E-state index in [4.69, 9.17) is 0 Å². The van der Waals surface area contributed by atoms with E-state index in [1.807, 2.05) is 6.34 Å². The van der Waals surface area contributed by atoms with Crippen LogP contribution in [0.4, 0.5) is 5.69 Å². The van der Waals surface area contributed by atoms with Gasteiger partial charge < -0.3 is 9.47 Å². The van der Waals surface area contributed by atoms with Crippen LogP contribution in [0, 0.1) is 0 Å². The number of hydrogen-bond donors (Lipinski definition) is 0. The first-order chi connectivity index (χ1) is 10.3. The number of rotatable bonds is 2. The fourth-order valence-electron chi connectivity index (χ4n) is 3.12. The molecule has 1 aliphatic rings. The Hall–Kier alpha value is -2.49. The van der Waals surface area contributed by atoms with Crippen LogP contribution in [-0.2, 0) is 7.05 Å². The molecule has 2 heterocycles. The van der Waals surface area contributed by atoms with E-state index in [1.165, 1.54) is 27.5 Å². The maximum Gasteiger partial charge on any atom is 0.113 e. The van der Waals surface area contributed by atoms with Gasteiger partial charge in [0.25, 0.3) is 0 Å². The molecule has 0 N–H and O–H groups in total. The Morgan fingerprint density at radius 3 is 2.67 bits per heavy atom. The van der Waals surface area contributed by atoms with Gasteiger partial charge in [0, 0.05) is 29.9 Å². The van der Waals surface area contributed by atoms with Crippen molar-refractivity contribution in [2.75, 3.05) is 18.2 Å². The van der Waals surface area contributed by atoms with Crippen molar-refractivity contribution in [3.05, 3.63) is 42.5 Å². The summed E-state index contributed by atoms with van der Waals surface area (Å²) in [5, 5.41) is 9.20. The van der Waals surface area contributed by atoms with Crippen molar-refractivity contribution in [1.29, 1.82) is 0 Å². The highest BCUT2D eigenvalue weighted by Gasteiger charge is 2.19. The second-order valence-electron chi connectivity index (χ2n) is 5.43. The molecule has 4 nitrogen and oxygen atoms in total. The minimum absolute atomic E-state index is 0.817. The van der Waals surface area contributed by atoms with E-state index in [-0.39, 0.29) is 0 Å². The Balaban J connectivity index is 1.97. The number of benzene rings is 2. The number of anilines is 1. The van der Waals surface area contributed by atoms with Crippen LogP contribution >= 0.6 is 0 Å². The van der Waals surface area contributed by atoms with E-state index in [1.54, 1.807) is 0 Å². The number of nitrogens with zero attached hydrogens (tertiary/aromatic N) is 4. The zero-order valence-electron chi connectivity index (χ0n) is 12.3. The van der Waals surface area contributed by atoms with Crippen LogP contribution in [0.15, 0.2) is 47.6 Å². The Kier molecular flexibility index (Phi) is 2.64. The average Bonchev–Trinajstić information content (AvgIpc) is 3.12. The number of hydrogen-bond acceptors (Lipinski definition) is 3. The van der Waals surface area contributed by atoms with Crippen molar-refractivity contribution in [3.63, 3.8) is 0 Å². The monoisotopic (exact) mass is 278 g/mol. The van der Waals surface area contributed by atoms with Crippen molar-refractivity contribution < 1.29 is 0 Å². The molecule has 0 amide bonds. The number of hydrazone groups is 1. The Labute approximate surface area is 123 Å². The Bertz CT molecular complexity index is 846. The molecule has 0 fully saturated rings. The molecule has 4 heteroatoms. The van der Waals surface area contributed by atoms with Crippen molar-refractivity contribution in [1.82, 2.24) is 9.47 Å². The lowest BCUT2D eigenvalue weighted by Crippen LogP contribution is -2.26. The summed E-state index contributed by atoms with van der Waals surface area (Å²) in [4.78, 5) is 2.20. The predicted molar refractivity (Wildman–Crippen MR) is 88.6 cm³/mol. The van der Waals surface area contributed by atoms with Crippen LogP contribution in [0.3, 0.4) is 0 Å². The van der Waals surface area contributed by atoms with Crippen molar-refractivity contribution in [2.24, 2.45) is 12.1 Å². The van der Waals surface area contributed by atoms with Gasteiger partial charge in [-0.15, -0.1) is 0 Å². The van der Waals surface area contributed by atoms with Gasteiger partial charge in [0.15, 0.2) is 0 Å². The van der Waals surface area contributed by atoms with Crippen LogP contribution < -0.4 is 5.01 Å². The van der Waals surface area contributed by atoms with Crippen molar-refractivity contribution in [2.45, 2.75) is 6.92 Å². The minimum Gasteiger partial charge on any atom is -0.342 e. The minimum atomic E-state index is 0.817. The largest absolute Gasteiger partial charge is 0.342 e. The van der Waals surface area contributed by atoms with E-state index in [2.05, 4.69) is 76.0 Å². The van der Waals surface area contributed by atoms with E-state index in [9.17, 15) is 0 Å². The highest BCUT2D eigenvalue weighted by molar-refractivity contribution is 6.12. The molecule has 0 atom stereocenters. The molecule has 3 aromatic rings. The molecule has 0 saturated heterocycles. The molecular formula is C17H18N4. The van der Waals surface area contributed by atoms with Crippen molar-refractivity contribution >= 4 is 33.8 Å². The molecule has 21 heavy (non-hydrogen) atoms. The molecule has 4 rings (SSSR count). The normalized spacial score (nSPS) is 14.8. The molecule has 0 unspecified atom stereocenters. The molecule has 1 aromatic heterocycles. The molecule has 0 bridgehead atoms. The summed E-state index contributed by atoms with van der Waals surface area (Å²) in [7, 11) is 2.13. The quantitative estimate of drug-likeness (QED) is 0.717. The van der Waals surface area contributed by atoms with Crippen LogP contribution in [0.1, 0.15) is 6.92 Å². The lowest BCUT2D eigenvalue weighted by Gasteiger charge is -2.19. The third-order valence-electron chi connectivity index (χ3n) is 4.26. The fourth-order valence-corrected chi connectivity index (χ4v) is 3.12. The summed E-state index contributed by atoms with van der Waals surface area (Å²) in [6, 6.07) is 15.0. The van der Waals surface area contributed by atoms with Gasteiger partial charge >= 0.3 is 0 Å². The molecule has 2 aromatic carbocycles. The Morgan fingerprint density at radius 1 is 1.05 bits per heavy atom. The lowest BCUT2D eigenvalue weighted by atomic mass is 10.1. The summed E-state index contributed by atoms with van der Waals surface area (Å²) in [5.41, 5.74) is 3.67. The highest BCUT2D eigenvalue weighted by Crippen LogP contribution is 2.35. The van der Waals surface area contributed by atoms with Gasteiger partial charge in [-0.1, -0.05) is 30.3 Å². The molecule has 0 aliphatic carbocycles. The number of para-hydroxylation sites is 2. The van der Waals surface area contributed by atoms with Gasteiger partial charge in [-0.2, -0.15) is 5.10 Å². The molecular weight excluding hydrogens is 260 g/mol. The number of aryl methyl sites for hydroxylation is 1. The zero-order valence-corrected chi connectivity index (χ0v) is 12.3. The summed E-state index contributed by atoms with van der Waals surface area (Å²) in [6.45, 7) is 3.94. The summed E-state index contributed by atoms with van der Waals surface area (Å²) in [5.74, 6) is 0. The molecule has 0 radical (unpaired) electrons. The van der Waals surface area contributed by atoms with Gasteiger partial charge in [-0.3, -0.25) is 0 Å². The van der Waals surface area contributed by atoms with Gasteiger partial charge in [0.05, 0.1) is 11.2 Å². The molecule has 106 valence electrons. The molecule has 0 saturated carbocycles. The lowest BCUT2D eigenvalue weighted by molar-refractivity contribution is 0.481. The van der Waals surface area contributed by atoms with Crippen LogP contribution in [0.5, 0.6) is 0 Å². The summed E-state index contributed by atoms with van der Waals surface area (Å²) >= 11 is 0. The maximum atomic E-state index is 4.54. The van der Waals surface area contributed by atoms with Crippen molar-refractivity contribution in [3.8, 4) is 0 Å². The third-order valence-corrected chi connectivity index (χ3v) is 4.26. The van der Waals surface area contributed by atoms with E-state index >= 15 is 0 Å². The SMILES string of the molecule is CCN1C=NN(c2cccc3c4ccccc4n(C)c23)C1. The van der Waals surface area contributed by atoms with Crippen LogP contribution in [0.25, 0.3) is 21.8 Å². The molecule has 1 aliphatic heterocycles. The standard InChI is InChI=1S/C17H18N4/c1-3-20-11-18-21(12-20)16-10-6-8-14-13-7-4-5-9-15(13)19(2)17(14)16/h4-11H,3,12H2,1-2H3. The highest BCUT2D eigenvalue weighted by atomic mass is 15.6. The summed E-state index contributed by atoms with van der Waals surface area (Å²) < 4.78 is 2.27. The van der Waals surface area contributed by atoms with E-state index < -0.39 is 0 Å². The Morgan fingerprint density at radius 2 is 1.86 bits per heavy atom. The van der Waals surface area contributed by atoms with Gasteiger partial charge in [0.2, 0.25) is 0 Å². The first-order valence-corrected chi connectivity index (χ1v) is 7.31. The van der Waals surface area contributed by atoms with Gasteiger partial charge in [0.1, 0.15) is 13.0 Å². The second kappa shape index (κ2) is 4.52. The van der Waals surface area contributed by atoms with Gasteiger partial charge in [-0.05, 0) is 19.1 Å². The third kappa shape index (κ3) is 1.72. The van der Waals surface area contributed by atoms with E-state index in [0.717, 1.165) is 13.2 Å². The van der Waals surface area contributed by atoms with E-state index in [0.29, 0.717) is 0 Å². The smallest absolute Gasteiger partial charge is 0.113 e. The van der Waals surface area contributed by atoms with Crippen LogP contribution in [-0.4, -0.2) is 29.0 Å². The van der Waals surface area contributed by atoms with Gasteiger partial charge in [-0.25, -0.2) is 5.01 Å². The number of fused-ring (bicyclic) bond motifs is 3. The average molecular weight is 278 g/mol. The predicted octanol–water partition coefficient (Wildman–Crippen LogP) is 3.37. The zero-order chi connectivity index (χ0) is 14.4. The topological polar surface area (TPSA) is 23.8 Å². The first kappa shape index (κ1) is 12.3. The number of aromatic nitrogens is 1. The molecule has 0 spiro atoms. The maximum absolute atomic E-state index is 4.54.